The van der Waals surface area contributed by atoms with Crippen LogP contribution >= 0.6 is 11.8 Å². The molecule has 0 radical (unpaired) electrons. The molecular formula is C22H20FN3O2S. The van der Waals surface area contributed by atoms with E-state index in [1.807, 2.05) is 13.0 Å². The van der Waals surface area contributed by atoms with Gasteiger partial charge >= 0.3 is 5.63 Å². The highest BCUT2D eigenvalue weighted by atomic mass is 32.2. The van der Waals surface area contributed by atoms with Crippen LogP contribution < -0.4 is 5.63 Å². The molecule has 5 nitrogen and oxygen atoms in total. The number of aromatic amines is 1. The second-order valence-corrected chi connectivity index (χ2v) is 8.13. The molecule has 2 aromatic heterocycles. The van der Waals surface area contributed by atoms with Crippen LogP contribution in [-0.2, 0) is 5.75 Å². The maximum atomic E-state index is 14.0. The highest BCUT2D eigenvalue weighted by molar-refractivity contribution is 7.98. The fraction of sp³-hybridized carbons (Fsp3) is 0.227. The van der Waals surface area contributed by atoms with Gasteiger partial charge in [0.15, 0.2) is 5.82 Å². The fourth-order valence-electron chi connectivity index (χ4n) is 3.36. The van der Waals surface area contributed by atoms with Gasteiger partial charge in [0.25, 0.3) is 0 Å². The van der Waals surface area contributed by atoms with Crippen molar-refractivity contribution in [1.82, 2.24) is 15.2 Å². The van der Waals surface area contributed by atoms with Gasteiger partial charge in [-0.1, -0.05) is 37.7 Å². The van der Waals surface area contributed by atoms with Crippen molar-refractivity contribution >= 4 is 22.7 Å². The first kappa shape index (κ1) is 19.4. The molecule has 7 heteroatoms. The summed E-state index contributed by atoms with van der Waals surface area (Å²) < 4.78 is 19.4. The summed E-state index contributed by atoms with van der Waals surface area (Å²) in [4.78, 5) is 16.4. The molecule has 0 saturated heterocycles. The van der Waals surface area contributed by atoms with Gasteiger partial charge in [0, 0.05) is 17.2 Å². The monoisotopic (exact) mass is 409 g/mol. The number of rotatable bonds is 5. The fourth-order valence-corrected chi connectivity index (χ4v) is 4.15. The van der Waals surface area contributed by atoms with Gasteiger partial charge < -0.3 is 4.42 Å². The molecule has 148 valence electrons. The summed E-state index contributed by atoms with van der Waals surface area (Å²) in [6.45, 7) is 6.30. The molecule has 1 N–H and O–H groups in total. The summed E-state index contributed by atoms with van der Waals surface area (Å²) >= 11 is 1.38. The predicted octanol–water partition coefficient (Wildman–Crippen LogP) is 5.44. The molecule has 0 aliphatic carbocycles. The summed E-state index contributed by atoms with van der Waals surface area (Å²) in [6, 6.07) is 11.9. The van der Waals surface area contributed by atoms with Gasteiger partial charge in [0.2, 0.25) is 5.16 Å². The van der Waals surface area contributed by atoms with Crippen molar-refractivity contribution in [2.45, 2.75) is 37.6 Å². The second kappa shape index (κ2) is 7.83. The Bertz CT molecular complexity index is 1250. The van der Waals surface area contributed by atoms with Gasteiger partial charge in [-0.3, -0.25) is 5.10 Å². The second-order valence-electron chi connectivity index (χ2n) is 7.19. The first-order chi connectivity index (χ1) is 13.9. The Kier molecular flexibility index (Phi) is 5.24. The lowest BCUT2D eigenvalue weighted by molar-refractivity contribution is 0.559. The molecule has 0 amide bonds. The first-order valence-electron chi connectivity index (χ1n) is 9.29. The normalized spacial score (nSPS) is 11.5. The van der Waals surface area contributed by atoms with Crippen LogP contribution in [-0.4, -0.2) is 15.2 Å². The van der Waals surface area contributed by atoms with Crippen LogP contribution in [0.3, 0.4) is 0 Å². The van der Waals surface area contributed by atoms with Crippen LogP contribution in [0.2, 0.25) is 0 Å². The van der Waals surface area contributed by atoms with Crippen molar-refractivity contribution in [3.8, 4) is 11.4 Å². The zero-order valence-electron chi connectivity index (χ0n) is 16.3. The van der Waals surface area contributed by atoms with Crippen LogP contribution in [0.25, 0.3) is 22.4 Å². The number of aryl methyl sites for hydroxylation is 1. The minimum atomic E-state index is -0.383. The number of aromatic nitrogens is 3. The number of halogens is 1. The average Bonchev–Trinajstić information content (AvgIpc) is 3.14. The number of nitrogens with one attached hydrogen (secondary N) is 1. The Morgan fingerprint density at radius 1 is 1.21 bits per heavy atom. The number of nitrogens with zero attached hydrogens (tertiary/aromatic N) is 2. The molecule has 0 aliphatic rings. The smallest absolute Gasteiger partial charge is 0.336 e. The number of hydrogen-bond donors (Lipinski definition) is 1. The van der Waals surface area contributed by atoms with Gasteiger partial charge in [0.1, 0.15) is 11.4 Å². The predicted molar refractivity (Wildman–Crippen MR) is 113 cm³/mol. The Balaban J connectivity index is 1.64. The number of fused-ring (bicyclic) bond motifs is 1. The quantitative estimate of drug-likeness (QED) is 0.351. The topological polar surface area (TPSA) is 71.8 Å². The lowest BCUT2D eigenvalue weighted by atomic mass is 9.95. The molecule has 4 rings (SSSR count). The third kappa shape index (κ3) is 3.96. The Morgan fingerprint density at radius 2 is 2.00 bits per heavy atom. The van der Waals surface area contributed by atoms with Crippen LogP contribution in [0.15, 0.2) is 56.8 Å². The average molecular weight is 409 g/mol. The summed E-state index contributed by atoms with van der Waals surface area (Å²) in [5, 5.41) is 8.35. The van der Waals surface area contributed by atoms with E-state index in [2.05, 4.69) is 35.1 Å². The van der Waals surface area contributed by atoms with Crippen LogP contribution in [0.1, 0.15) is 36.5 Å². The van der Waals surface area contributed by atoms with E-state index in [0.29, 0.717) is 33.8 Å². The summed E-state index contributed by atoms with van der Waals surface area (Å²) in [5.41, 5.74) is 3.75. The van der Waals surface area contributed by atoms with E-state index in [1.54, 1.807) is 18.2 Å². The molecule has 29 heavy (non-hydrogen) atoms. The molecule has 2 heterocycles. The molecule has 0 fully saturated rings. The highest BCUT2D eigenvalue weighted by Gasteiger charge is 2.14. The molecular weight excluding hydrogens is 389 g/mol. The van der Waals surface area contributed by atoms with E-state index >= 15 is 0 Å². The van der Waals surface area contributed by atoms with Gasteiger partial charge in [-0.25, -0.2) is 14.2 Å². The molecule has 4 aromatic rings. The number of H-pyrrole nitrogens is 1. The minimum absolute atomic E-state index is 0.358. The molecule has 0 aliphatic heterocycles. The lowest BCUT2D eigenvalue weighted by Crippen LogP contribution is -2.02. The van der Waals surface area contributed by atoms with E-state index < -0.39 is 0 Å². The van der Waals surface area contributed by atoms with Crippen molar-refractivity contribution < 1.29 is 8.81 Å². The van der Waals surface area contributed by atoms with Crippen LogP contribution in [0.5, 0.6) is 0 Å². The van der Waals surface area contributed by atoms with E-state index in [-0.39, 0.29) is 11.4 Å². The summed E-state index contributed by atoms with van der Waals surface area (Å²) in [7, 11) is 0. The standard InChI is InChI=1S/C22H20FN3O2S/c1-12(2)16-10-17-14(9-20(27)28-19(17)8-13(16)3)11-29-22-24-21(25-26-22)15-6-4-5-7-18(15)23/h4-10,12H,11H2,1-3H3,(H,24,25,26). The van der Waals surface area contributed by atoms with Crippen LogP contribution in [0, 0.1) is 12.7 Å². The number of benzene rings is 2. The SMILES string of the molecule is Cc1cc2oc(=O)cc(CSc3n[nH]c(-c4ccccc4F)n3)c2cc1C(C)C. The zero-order valence-corrected chi connectivity index (χ0v) is 17.1. The van der Waals surface area contributed by atoms with E-state index in [1.165, 1.54) is 29.5 Å². The Hall–Kier alpha value is -2.93. The minimum Gasteiger partial charge on any atom is -0.423 e. The maximum Gasteiger partial charge on any atom is 0.336 e. The number of thioether (sulfide) groups is 1. The van der Waals surface area contributed by atoms with Crippen molar-refractivity contribution in [2.24, 2.45) is 0 Å². The molecule has 0 spiro atoms. The van der Waals surface area contributed by atoms with Crippen molar-refractivity contribution in [3.05, 3.63) is 75.4 Å². The van der Waals surface area contributed by atoms with E-state index in [0.717, 1.165) is 16.5 Å². The summed E-state index contributed by atoms with van der Waals surface area (Å²) in [6.07, 6.45) is 0. The number of hydrogen-bond acceptors (Lipinski definition) is 5. The van der Waals surface area contributed by atoms with Gasteiger partial charge in [-0.15, -0.1) is 5.10 Å². The largest absolute Gasteiger partial charge is 0.423 e. The van der Waals surface area contributed by atoms with E-state index in [4.69, 9.17) is 4.42 Å². The molecule has 0 atom stereocenters. The molecule has 2 aromatic carbocycles. The van der Waals surface area contributed by atoms with Gasteiger partial charge in [-0.05, 0) is 53.8 Å². The third-order valence-electron chi connectivity index (χ3n) is 4.79. The summed E-state index contributed by atoms with van der Waals surface area (Å²) in [5.74, 6) is 0.879. The Morgan fingerprint density at radius 3 is 2.76 bits per heavy atom. The van der Waals surface area contributed by atoms with Gasteiger partial charge in [0.05, 0.1) is 5.56 Å². The third-order valence-corrected chi connectivity index (χ3v) is 5.69. The van der Waals surface area contributed by atoms with Crippen LogP contribution in [0.4, 0.5) is 4.39 Å². The Labute approximate surface area is 171 Å². The maximum absolute atomic E-state index is 14.0. The molecule has 0 bridgehead atoms. The molecule has 0 unspecified atom stereocenters. The van der Waals surface area contributed by atoms with Crippen molar-refractivity contribution in [3.63, 3.8) is 0 Å². The van der Waals surface area contributed by atoms with Gasteiger partial charge in [-0.2, -0.15) is 0 Å². The van der Waals surface area contributed by atoms with E-state index in [9.17, 15) is 9.18 Å². The highest BCUT2D eigenvalue weighted by Crippen LogP contribution is 2.30. The first-order valence-corrected chi connectivity index (χ1v) is 10.3. The van der Waals surface area contributed by atoms with Crippen molar-refractivity contribution in [1.29, 1.82) is 0 Å². The lowest BCUT2D eigenvalue weighted by Gasteiger charge is -2.12. The van der Waals surface area contributed by atoms with Crippen molar-refractivity contribution in [2.75, 3.05) is 0 Å². The molecule has 0 saturated carbocycles. The zero-order chi connectivity index (χ0) is 20.5.